The van der Waals surface area contributed by atoms with Gasteiger partial charge in [0, 0.05) is 12.7 Å². The second-order valence-electron chi connectivity index (χ2n) is 3.78. The van der Waals surface area contributed by atoms with E-state index >= 15 is 0 Å². The lowest BCUT2D eigenvalue weighted by atomic mass is 10.2. The normalized spacial score (nSPS) is 10.0. The summed E-state index contributed by atoms with van der Waals surface area (Å²) in [5.41, 5.74) is 1.16. The minimum absolute atomic E-state index is 0.513. The van der Waals surface area contributed by atoms with Gasteiger partial charge in [-0.2, -0.15) is 0 Å². The maximum atomic E-state index is 5.83. The number of halogens is 2. The van der Waals surface area contributed by atoms with Crippen LogP contribution in [0.1, 0.15) is 5.56 Å². The molecular weight excluding hydrogens is 346 g/mol. The summed E-state index contributed by atoms with van der Waals surface area (Å²) in [6, 6.07) is 11.8. The maximum absolute atomic E-state index is 5.83. The van der Waals surface area contributed by atoms with Crippen LogP contribution in [0.5, 0.6) is 0 Å². The smallest absolute Gasteiger partial charge is 0.172 e. The fourth-order valence-electron chi connectivity index (χ4n) is 1.44. The Hall–Kier alpha value is -1.17. The minimum Gasteiger partial charge on any atom is -0.358 e. The second kappa shape index (κ2) is 6.84. The van der Waals surface area contributed by atoms with E-state index in [1.54, 1.807) is 12.3 Å². The summed E-state index contributed by atoms with van der Waals surface area (Å²) < 4.78 is 0.767. The third-order valence-corrected chi connectivity index (χ3v) is 3.39. The van der Waals surface area contributed by atoms with E-state index in [1.165, 1.54) is 0 Å². The van der Waals surface area contributed by atoms with Crippen LogP contribution >= 0.6 is 39.7 Å². The van der Waals surface area contributed by atoms with Crippen LogP contribution in [0.25, 0.3) is 0 Å². The molecule has 19 heavy (non-hydrogen) atoms. The van der Waals surface area contributed by atoms with E-state index in [0.29, 0.717) is 22.5 Å². The Balaban J connectivity index is 1.91. The standard InChI is InChI=1S/C13H11BrClN3S/c14-11-6-10(15)8-16-12(11)18-13(19)17-7-9-4-2-1-3-5-9/h1-6,8H,7H2,(H2,16,17,18,19). The molecular formula is C13H11BrClN3S. The van der Waals surface area contributed by atoms with Gasteiger partial charge in [0.15, 0.2) is 5.11 Å². The summed E-state index contributed by atoms with van der Waals surface area (Å²) in [6.07, 6.45) is 1.56. The van der Waals surface area contributed by atoms with Crippen LogP contribution in [0.4, 0.5) is 5.82 Å². The molecule has 1 aromatic carbocycles. The third-order valence-electron chi connectivity index (χ3n) is 2.34. The van der Waals surface area contributed by atoms with E-state index in [4.69, 9.17) is 23.8 Å². The number of rotatable bonds is 3. The first-order chi connectivity index (χ1) is 9.15. The van der Waals surface area contributed by atoms with E-state index in [0.717, 1.165) is 10.0 Å². The van der Waals surface area contributed by atoms with Crippen molar-refractivity contribution in [3.05, 3.63) is 57.7 Å². The number of hydrogen-bond donors (Lipinski definition) is 2. The van der Waals surface area contributed by atoms with E-state index in [9.17, 15) is 0 Å². The first-order valence-electron chi connectivity index (χ1n) is 5.55. The Morgan fingerprint density at radius 3 is 2.74 bits per heavy atom. The molecule has 6 heteroatoms. The first kappa shape index (κ1) is 14.2. The number of thiocarbonyl (C=S) groups is 1. The number of benzene rings is 1. The van der Waals surface area contributed by atoms with E-state index in [-0.39, 0.29) is 0 Å². The van der Waals surface area contributed by atoms with Crippen molar-refractivity contribution in [3.63, 3.8) is 0 Å². The SMILES string of the molecule is S=C(NCc1ccccc1)Nc1ncc(Cl)cc1Br. The molecule has 0 saturated carbocycles. The summed E-state index contributed by atoms with van der Waals surface area (Å²) in [5, 5.41) is 7.21. The van der Waals surface area contributed by atoms with E-state index < -0.39 is 0 Å². The maximum Gasteiger partial charge on any atom is 0.172 e. The zero-order valence-electron chi connectivity index (χ0n) is 9.86. The lowest BCUT2D eigenvalue weighted by molar-refractivity contribution is 0.925. The Morgan fingerprint density at radius 2 is 2.05 bits per heavy atom. The molecule has 0 amide bonds. The number of nitrogens with one attached hydrogen (secondary N) is 2. The van der Waals surface area contributed by atoms with Crippen molar-refractivity contribution in [2.75, 3.05) is 5.32 Å². The molecule has 0 atom stereocenters. The number of pyridine rings is 1. The monoisotopic (exact) mass is 355 g/mol. The van der Waals surface area contributed by atoms with Crippen LogP contribution in [0.3, 0.4) is 0 Å². The molecule has 0 aliphatic heterocycles. The summed E-state index contributed by atoms with van der Waals surface area (Å²) in [7, 11) is 0. The van der Waals surface area contributed by atoms with Gasteiger partial charge in [-0.15, -0.1) is 0 Å². The van der Waals surface area contributed by atoms with Crippen LogP contribution < -0.4 is 10.6 Å². The molecule has 0 unspecified atom stereocenters. The van der Waals surface area contributed by atoms with Gasteiger partial charge >= 0.3 is 0 Å². The molecule has 2 rings (SSSR count). The van der Waals surface area contributed by atoms with Gasteiger partial charge in [0.05, 0.1) is 9.50 Å². The van der Waals surface area contributed by atoms with Gasteiger partial charge in [-0.3, -0.25) is 0 Å². The van der Waals surface area contributed by atoms with Crippen molar-refractivity contribution in [3.8, 4) is 0 Å². The van der Waals surface area contributed by atoms with E-state index in [2.05, 4.69) is 31.5 Å². The van der Waals surface area contributed by atoms with Crippen LogP contribution in [-0.2, 0) is 6.54 Å². The number of hydrogen-bond acceptors (Lipinski definition) is 2. The molecule has 0 aliphatic carbocycles. The molecule has 3 nitrogen and oxygen atoms in total. The van der Waals surface area contributed by atoms with Crippen molar-refractivity contribution in [2.24, 2.45) is 0 Å². The minimum atomic E-state index is 0.513. The molecule has 1 heterocycles. The predicted octanol–water partition coefficient (Wildman–Crippen LogP) is 3.98. The molecule has 0 aliphatic rings. The van der Waals surface area contributed by atoms with Gasteiger partial charge in [-0.05, 0) is 39.8 Å². The van der Waals surface area contributed by atoms with Gasteiger partial charge in [0.1, 0.15) is 5.82 Å². The average Bonchev–Trinajstić information content (AvgIpc) is 2.41. The molecule has 98 valence electrons. The van der Waals surface area contributed by atoms with Crippen LogP contribution in [0, 0.1) is 0 Å². The zero-order chi connectivity index (χ0) is 13.7. The highest BCUT2D eigenvalue weighted by Crippen LogP contribution is 2.22. The Bertz CT molecular complexity index is 577. The van der Waals surface area contributed by atoms with Crippen molar-refractivity contribution in [2.45, 2.75) is 6.54 Å². The fourth-order valence-corrected chi connectivity index (χ4v) is 2.34. The predicted molar refractivity (Wildman–Crippen MR) is 86.4 cm³/mol. The van der Waals surface area contributed by atoms with Gasteiger partial charge in [-0.1, -0.05) is 41.9 Å². The van der Waals surface area contributed by atoms with Gasteiger partial charge in [0.25, 0.3) is 0 Å². The van der Waals surface area contributed by atoms with Gasteiger partial charge in [-0.25, -0.2) is 4.98 Å². The van der Waals surface area contributed by atoms with E-state index in [1.807, 2.05) is 30.3 Å². The van der Waals surface area contributed by atoms with Crippen LogP contribution in [0.15, 0.2) is 47.1 Å². The Morgan fingerprint density at radius 1 is 1.32 bits per heavy atom. The summed E-state index contributed by atoms with van der Waals surface area (Å²) in [4.78, 5) is 4.16. The van der Waals surface area contributed by atoms with Crippen molar-refractivity contribution in [1.29, 1.82) is 0 Å². The molecule has 0 saturated heterocycles. The van der Waals surface area contributed by atoms with Gasteiger partial charge < -0.3 is 10.6 Å². The quantitative estimate of drug-likeness (QED) is 0.816. The summed E-state index contributed by atoms with van der Waals surface area (Å²) in [6.45, 7) is 0.665. The summed E-state index contributed by atoms with van der Waals surface area (Å²) >= 11 is 14.4. The van der Waals surface area contributed by atoms with Crippen molar-refractivity contribution >= 4 is 50.7 Å². The Labute approximate surface area is 130 Å². The largest absolute Gasteiger partial charge is 0.358 e. The zero-order valence-corrected chi connectivity index (χ0v) is 13.0. The molecule has 2 N–H and O–H groups in total. The van der Waals surface area contributed by atoms with Crippen molar-refractivity contribution < 1.29 is 0 Å². The molecule has 1 aromatic heterocycles. The molecule has 0 radical (unpaired) electrons. The summed E-state index contributed by atoms with van der Waals surface area (Å²) in [5.74, 6) is 0.634. The number of nitrogens with zero attached hydrogens (tertiary/aromatic N) is 1. The van der Waals surface area contributed by atoms with Gasteiger partial charge in [0.2, 0.25) is 0 Å². The fraction of sp³-hybridized carbons (Fsp3) is 0.0769. The van der Waals surface area contributed by atoms with Crippen molar-refractivity contribution in [1.82, 2.24) is 10.3 Å². The highest BCUT2D eigenvalue weighted by molar-refractivity contribution is 9.10. The second-order valence-corrected chi connectivity index (χ2v) is 5.48. The van der Waals surface area contributed by atoms with Crippen LogP contribution in [-0.4, -0.2) is 10.1 Å². The average molecular weight is 357 g/mol. The molecule has 0 bridgehead atoms. The molecule has 2 aromatic rings. The number of anilines is 1. The lowest BCUT2D eigenvalue weighted by Gasteiger charge is -2.11. The topological polar surface area (TPSA) is 37.0 Å². The molecule has 0 spiro atoms. The highest BCUT2D eigenvalue weighted by Gasteiger charge is 2.04. The first-order valence-corrected chi connectivity index (χ1v) is 7.13. The lowest BCUT2D eigenvalue weighted by Crippen LogP contribution is -2.28. The van der Waals surface area contributed by atoms with Crippen LogP contribution in [0.2, 0.25) is 5.02 Å². The highest BCUT2D eigenvalue weighted by atomic mass is 79.9. The molecule has 0 fully saturated rings. The Kier molecular flexibility index (Phi) is 5.13. The number of aromatic nitrogens is 1. The third kappa shape index (κ3) is 4.45.